The predicted molar refractivity (Wildman–Crippen MR) is 138 cm³/mol. The van der Waals surface area contributed by atoms with Gasteiger partial charge in [0.2, 0.25) is 5.88 Å². The third-order valence-electron chi connectivity index (χ3n) is 6.54. The monoisotopic (exact) mass is 480 g/mol. The number of aryl methyl sites for hydroxylation is 2. The van der Waals surface area contributed by atoms with Crippen molar-refractivity contribution in [2.45, 2.75) is 60.8 Å². The Morgan fingerprint density at radius 1 is 1.15 bits per heavy atom. The van der Waals surface area contributed by atoms with Crippen LogP contribution >= 0.6 is 0 Å². The lowest BCUT2D eigenvalue weighted by molar-refractivity contribution is -0.0512. The fraction of sp³-hybridized carbons (Fsp3) is 0.500. The molecule has 2 aromatic rings. The number of urea groups is 1. The van der Waals surface area contributed by atoms with E-state index in [0.29, 0.717) is 6.54 Å². The van der Waals surface area contributed by atoms with Gasteiger partial charge >= 0.3 is 6.03 Å². The van der Waals surface area contributed by atoms with Crippen LogP contribution in [-0.4, -0.2) is 73.0 Å². The normalized spacial score (nSPS) is 21.3. The molecule has 0 spiro atoms. The van der Waals surface area contributed by atoms with Crippen LogP contribution in [-0.2, 0) is 47.0 Å². The summed E-state index contributed by atoms with van der Waals surface area (Å²) in [5.41, 5.74) is 4.93. The first-order valence-corrected chi connectivity index (χ1v) is 13.3. The molecule has 14 heteroatoms. The van der Waals surface area contributed by atoms with Crippen LogP contribution in [0, 0.1) is 0 Å². The third-order valence-corrected chi connectivity index (χ3v) is 7.85. The molecule has 2 heterocycles. The van der Waals surface area contributed by atoms with Crippen molar-refractivity contribution in [2.24, 2.45) is 0 Å². The van der Waals surface area contributed by atoms with Gasteiger partial charge < -0.3 is 14.8 Å². The lowest BCUT2D eigenvalue weighted by atomic mass is 9.51. The van der Waals surface area contributed by atoms with E-state index in [9.17, 15) is 13.2 Å². The van der Waals surface area contributed by atoms with E-state index in [2.05, 4.69) is 21.2 Å². The molecule has 1 atom stereocenters. The average Bonchev–Trinajstić information content (AvgIpc) is 3.43. The Hall–Kier alpha value is -2.33. The Kier molecular flexibility index (Phi) is 5.59. The van der Waals surface area contributed by atoms with E-state index < -0.39 is 26.9 Å². The number of carbonyl (C=O) groups excluding carboxylic acids is 1. The predicted octanol–water partition coefficient (Wildman–Crippen LogP) is -2.38. The number of hydrogen-bond donors (Lipinski definition) is 2. The molecule has 1 unspecified atom stereocenters. The topological polar surface area (TPSA) is 112 Å². The van der Waals surface area contributed by atoms with E-state index >= 15 is 0 Å². The Balaban J connectivity index is 1.35. The summed E-state index contributed by atoms with van der Waals surface area (Å²) in [5, 5.41) is 6.66. The summed E-state index contributed by atoms with van der Waals surface area (Å²) in [6.07, 6.45) is 7.08. The molecule has 9 nitrogen and oxygen atoms in total. The number of sulfonamides is 1. The molecule has 3 aliphatic rings. The smallest absolute Gasteiger partial charge is 0.333 e. The molecule has 2 N–H and O–H groups in total. The molecule has 5 rings (SSSR count). The zero-order chi connectivity index (χ0) is 24.3. The number of fused-ring (bicyclic) bond motifs is 3. The van der Waals surface area contributed by atoms with Crippen molar-refractivity contribution < 1.29 is 22.7 Å². The zero-order valence-corrected chi connectivity index (χ0v) is 21.0. The molecule has 0 fully saturated rings. The molecule has 176 valence electrons. The lowest BCUT2D eigenvalue weighted by Gasteiger charge is -2.40. The minimum absolute atomic E-state index is 0.108. The van der Waals surface area contributed by atoms with Crippen LogP contribution in [0.25, 0.3) is 0 Å². The third kappa shape index (κ3) is 4.37. The van der Waals surface area contributed by atoms with E-state index in [4.69, 9.17) is 9.47 Å². The molecule has 0 bridgehead atoms. The van der Waals surface area contributed by atoms with Crippen LogP contribution in [0.5, 0.6) is 5.88 Å². The molecule has 0 saturated heterocycles. The van der Waals surface area contributed by atoms with Gasteiger partial charge in [-0.25, -0.2) is 22.6 Å². The highest BCUT2D eigenvalue weighted by Crippen LogP contribution is 2.38. The van der Waals surface area contributed by atoms with E-state index in [1.54, 1.807) is 0 Å². The molecular formula is C20H28B4N4O5S. The number of aromatic nitrogens is 2. The highest BCUT2D eigenvalue weighted by molar-refractivity contribution is 7.90. The van der Waals surface area contributed by atoms with E-state index in [1.165, 1.54) is 22.0 Å². The average molecular weight is 480 g/mol. The number of hydrogen-bond acceptors (Lipinski definition) is 6. The van der Waals surface area contributed by atoms with Gasteiger partial charge in [0, 0.05) is 5.69 Å². The summed E-state index contributed by atoms with van der Waals surface area (Å²) in [6.45, 7) is 0.510. The zero-order valence-electron chi connectivity index (χ0n) is 20.2. The van der Waals surface area contributed by atoms with Crippen LogP contribution in [0.15, 0.2) is 17.2 Å². The second-order valence-electron chi connectivity index (χ2n) is 10.7. The number of carbonyl (C=O) groups is 1. The Bertz CT molecular complexity index is 1240. The maximum absolute atomic E-state index is 13.1. The first-order chi connectivity index (χ1) is 15.9. The van der Waals surface area contributed by atoms with Crippen molar-refractivity contribution in [3.05, 3.63) is 34.5 Å². The van der Waals surface area contributed by atoms with Crippen molar-refractivity contribution in [2.75, 3.05) is 11.9 Å². The minimum atomic E-state index is -4.19. The minimum Gasteiger partial charge on any atom is -0.475 e. The van der Waals surface area contributed by atoms with E-state index in [0.717, 1.165) is 55.3 Å². The number of nitrogens with one attached hydrogen (secondary N) is 2. The van der Waals surface area contributed by atoms with Gasteiger partial charge in [0.25, 0.3) is 10.0 Å². The van der Waals surface area contributed by atoms with Gasteiger partial charge in [0.15, 0.2) is 4.90 Å². The summed E-state index contributed by atoms with van der Waals surface area (Å²) in [4.78, 5) is 12.7. The van der Waals surface area contributed by atoms with E-state index in [1.807, 2.05) is 31.4 Å². The van der Waals surface area contributed by atoms with Gasteiger partial charge in [0.1, 0.15) is 38.0 Å². The quantitative estimate of drug-likeness (QED) is 0.463. The largest absolute Gasteiger partial charge is 0.475 e. The Labute approximate surface area is 203 Å². The van der Waals surface area contributed by atoms with Crippen molar-refractivity contribution in [3.8, 4) is 5.88 Å². The summed E-state index contributed by atoms with van der Waals surface area (Å²) >= 11 is 0. The van der Waals surface area contributed by atoms with Crippen molar-refractivity contribution >= 4 is 53.1 Å². The van der Waals surface area contributed by atoms with Gasteiger partial charge in [-0.3, -0.25) is 0 Å². The summed E-state index contributed by atoms with van der Waals surface area (Å²) in [7, 11) is 3.57. The van der Waals surface area contributed by atoms with Crippen LogP contribution < -0.4 is 14.8 Å². The van der Waals surface area contributed by atoms with Gasteiger partial charge in [-0.2, -0.15) is 5.10 Å². The Morgan fingerprint density at radius 2 is 1.79 bits per heavy atom. The number of anilines is 1. The van der Waals surface area contributed by atoms with E-state index in [-0.39, 0.29) is 17.4 Å². The first-order valence-electron chi connectivity index (χ1n) is 11.8. The fourth-order valence-corrected chi connectivity index (χ4v) is 6.45. The lowest BCUT2D eigenvalue weighted by Crippen LogP contribution is -2.54. The van der Waals surface area contributed by atoms with Gasteiger partial charge in [-0.1, -0.05) is 6.07 Å². The Morgan fingerprint density at radius 3 is 2.41 bits per heavy atom. The molecule has 1 aromatic carbocycles. The maximum atomic E-state index is 13.1. The molecular weight excluding hydrogens is 452 g/mol. The summed E-state index contributed by atoms with van der Waals surface area (Å²) in [5.74, 6) is 0.108. The fourth-order valence-electron chi connectivity index (χ4n) is 5.47. The molecule has 1 aliphatic heterocycles. The molecule has 2 aliphatic carbocycles. The van der Waals surface area contributed by atoms with Crippen LogP contribution in [0.1, 0.15) is 35.1 Å². The summed E-state index contributed by atoms with van der Waals surface area (Å²) in [6, 6.07) is 1.49. The number of ether oxygens (including phenoxy) is 2. The number of amides is 2. The van der Waals surface area contributed by atoms with Gasteiger partial charge in [0.05, 0.1) is 18.2 Å². The second-order valence-corrected chi connectivity index (χ2v) is 12.4. The number of benzene rings is 1. The maximum Gasteiger partial charge on any atom is 0.333 e. The number of rotatable bonds is 5. The highest BCUT2D eigenvalue weighted by Gasteiger charge is 2.39. The van der Waals surface area contributed by atoms with Crippen molar-refractivity contribution in [3.63, 3.8) is 0 Å². The second kappa shape index (κ2) is 8.12. The molecule has 2 amide bonds. The van der Waals surface area contributed by atoms with Crippen molar-refractivity contribution in [1.82, 2.24) is 14.5 Å². The molecule has 0 radical (unpaired) electrons. The van der Waals surface area contributed by atoms with Crippen molar-refractivity contribution in [1.29, 1.82) is 0 Å². The number of nitrogens with zero attached hydrogens (tertiary/aromatic N) is 2. The molecule has 1 aromatic heterocycles. The highest BCUT2D eigenvalue weighted by atomic mass is 32.2. The standard InChI is InChI=1S/C20H28B4N4O5S/c21-19(33-20(22,23)24)9-28-17(32-10-19)15(8-25-28)34(30,31)27-18(29)26-16-13-5-1-3-11(13)7-12-4-2-6-14(12)16/h7-8H,1-6,9-10,21-24H2,(H2,26,27,29). The first kappa shape index (κ1) is 23.4. The summed E-state index contributed by atoms with van der Waals surface area (Å²) < 4.78 is 41.7. The SMILES string of the molecule is BC(B)(B)OC1(B)COc2c(S(=O)(=O)NC(=O)Nc3c4c(cc5c3CCC5)CCC4)cnn2C1. The molecule has 34 heavy (non-hydrogen) atoms. The molecule has 0 saturated carbocycles. The van der Waals surface area contributed by atoms with Crippen LogP contribution in [0.4, 0.5) is 10.5 Å². The van der Waals surface area contributed by atoms with Gasteiger partial charge in [-0.15, -0.1) is 0 Å². The van der Waals surface area contributed by atoms with Gasteiger partial charge in [-0.05, 0) is 66.1 Å². The van der Waals surface area contributed by atoms with Crippen LogP contribution in [0.2, 0.25) is 0 Å². The van der Waals surface area contributed by atoms with Crippen LogP contribution in [0.3, 0.4) is 0 Å².